The van der Waals surface area contributed by atoms with Crippen LogP contribution in [-0.4, -0.2) is 33.3 Å². The maximum atomic E-state index is 13.7. The number of fused-ring (bicyclic) bond motifs is 1. The van der Waals surface area contributed by atoms with E-state index in [1.807, 2.05) is 13.8 Å². The molecule has 0 aliphatic carbocycles. The standard InChI is InChI=1S/C26H24BrN3O7S/c1-5-36-25(33)21-14(4)28-26-29(22(21)15-6-8-18(9-7-15)37-13(2)3)24(32)20(38-26)11-16-10-17(27)12-19(23(16)31)30(34)35/h6-13,22,31H,5H2,1-4H3/b20-11-/t22-/m1/s1. The number of rotatable bonds is 7. The van der Waals surface area contributed by atoms with Crippen LogP contribution in [0.2, 0.25) is 0 Å². The van der Waals surface area contributed by atoms with Crippen LogP contribution in [0, 0.1) is 10.1 Å². The molecule has 4 rings (SSSR count). The van der Waals surface area contributed by atoms with Crippen molar-refractivity contribution in [2.24, 2.45) is 4.99 Å². The van der Waals surface area contributed by atoms with Crippen LogP contribution in [0.15, 0.2) is 61.9 Å². The summed E-state index contributed by atoms with van der Waals surface area (Å²) in [6.07, 6.45) is 1.35. The Bertz CT molecular complexity index is 1640. The lowest BCUT2D eigenvalue weighted by Gasteiger charge is -2.25. The monoisotopic (exact) mass is 601 g/mol. The number of aromatic nitrogens is 1. The van der Waals surface area contributed by atoms with Gasteiger partial charge in [-0.2, -0.15) is 0 Å². The summed E-state index contributed by atoms with van der Waals surface area (Å²) in [7, 11) is 0. The first kappa shape index (κ1) is 27.3. The minimum absolute atomic E-state index is 0.0268. The van der Waals surface area contributed by atoms with Crippen LogP contribution in [0.1, 0.15) is 44.9 Å². The van der Waals surface area contributed by atoms with E-state index in [0.717, 1.165) is 11.3 Å². The largest absolute Gasteiger partial charge is 0.502 e. The van der Waals surface area contributed by atoms with Crippen molar-refractivity contribution in [3.63, 3.8) is 0 Å². The molecule has 12 heteroatoms. The first-order valence-corrected chi connectivity index (χ1v) is 13.3. The van der Waals surface area contributed by atoms with Crippen molar-refractivity contribution in [2.75, 3.05) is 6.61 Å². The Morgan fingerprint density at radius 2 is 2.00 bits per heavy atom. The van der Waals surface area contributed by atoms with Crippen LogP contribution in [0.25, 0.3) is 6.08 Å². The molecule has 1 aliphatic heterocycles. The second kappa shape index (κ2) is 10.9. The van der Waals surface area contributed by atoms with E-state index in [9.17, 15) is 24.8 Å². The minimum atomic E-state index is -0.828. The maximum absolute atomic E-state index is 13.7. The zero-order chi connectivity index (χ0) is 27.7. The molecule has 1 aliphatic rings. The summed E-state index contributed by atoms with van der Waals surface area (Å²) in [5.41, 5.74) is 0.392. The van der Waals surface area contributed by atoms with Gasteiger partial charge in [0.2, 0.25) is 5.75 Å². The third kappa shape index (κ3) is 5.27. The molecular weight excluding hydrogens is 578 g/mol. The van der Waals surface area contributed by atoms with E-state index in [2.05, 4.69) is 20.9 Å². The fourth-order valence-corrected chi connectivity index (χ4v) is 5.60. The van der Waals surface area contributed by atoms with Gasteiger partial charge in [0, 0.05) is 16.1 Å². The van der Waals surface area contributed by atoms with E-state index in [0.29, 0.717) is 26.3 Å². The minimum Gasteiger partial charge on any atom is -0.502 e. The molecule has 2 aromatic carbocycles. The molecule has 2 heterocycles. The van der Waals surface area contributed by atoms with Gasteiger partial charge >= 0.3 is 11.7 Å². The van der Waals surface area contributed by atoms with Crippen molar-refractivity contribution in [2.45, 2.75) is 39.8 Å². The van der Waals surface area contributed by atoms with Crippen molar-refractivity contribution >= 4 is 45.0 Å². The number of allylic oxidation sites excluding steroid dienone is 1. The number of benzene rings is 2. The molecule has 198 valence electrons. The Labute approximate surface area is 229 Å². The first-order valence-electron chi connectivity index (χ1n) is 11.6. The Balaban J connectivity index is 1.94. The summed E-state index contributed by atoms with van der Waals surface area (Å²) in [6.45, 7) is 7.34. The second-order valence-electron chi connectivity index (χ2n) is 8.66. The number of hydrogen-bond donors (Lipinski definition) is 1. The van der Waals surface area contributed by atoms with Crippen molar-refractivity contribution in [3.8, 4) is 11.5 Å². The number of phenols is 1. The number of carbonyl (C=O) groups is 1. The third-order valence-corrected chi connectivity index (χ3v) is 7.09. The Morgan fingerprint density at radius 3 is 2.61 bits per heavy atom. The van der Waals surface area contributed by atoms with Gasteiger partial charge in [0.1, 0.15) is 5.75 Å². The molecule has 0 saturated heterocycles. The molecule has 0 spiro atoms. The number of phenolic OH excluding ortho intramolecular Hbond substituents is 1. The Kier molecular flexibility index (Phi) is 7.83. The van der Waals surface area contributed by atoms with E-state index in [4.69, 9.17) is 9.47 Å². The normalized spacial score (nSPS) is 15.3. The zero-order valence-corrected chi connectivity index (χ0v) is 23.3. The number of thiazole rings is 1. The molecule has 0 amide bonds. The summed E-state index contributed by atoms with van der Waals surface area (Å²) in [5, 5.41) is 21.8. The molecule has 0 unspecified atom stereocenters. The Hall–Kier alpha value is -3.77. The quantitative estimate of drug-likeness (QED) is 0.246. The number of ether oxygens (including phenoxy) is 2. The molecule has 3 aromatic rings. The number of aromatic hydroxyl groups is 1. The summed E-state index contributed by atoms with van der Waals surface area (Å²) in [6, 6.07) is 8.91. The Morgan fingerprint density at radius 1 is 1.32 bits per heavy atom. The lowest BCUT2D eigenvalue weighted by molar-refractivity contribution is -0.385. The molecule has 1 atom stereocenters. The summed E-state index contributed by atoms with van der Waals surface area (Å²) in [4.78, 5) is 42.2. The molecule has 0 radical (unpaired) electrons. The molecule has 0 saturated carbocycles. The lowest BCUT2D eigenvalue weighted by Crippen LogP contribution is -2.39. The highest BCUT2D eigenvalue weighted by Crippen LogP contribution is 2.34. The molecule has 10 nitrogen and oxygen atoms in total. The summed E-state index contributed by atoms with van der Waals surface area (Å²) >= 11 is 4.26. The van der Waals surface area contributed by atoms with Gasteiger partial charge in [-0.25, -0.2) is 9.79 Å². The second-order valence-corrected chi connectivity index (χ2v) is 10.6. The van der Waals surface area contributed by atoms with E-state index >= 15 is 0 Å². The molecule has 0 bridgehead atoms. The average Bonchev–Trinajstić information content (AvgIpc) is 3.14. The van der Waals surface area contributed by atoms with Gasteiger partial charge in [-0.1, -0.05) is 39.4 Å². The van der Waals surface area contributed by atoms with Gasteiger partial charge in [-0.3, -0.25) is 19.5 Å². The van der Waals surface area contributed by atoms with E-state index in [1.54, 1.807) is 38.1 Å². The average molecular weight is 602 g/mol. The molecule has 1 aromatic heterocycles. The summed E-state index contributed by atoms with van der Waals surface area (Å²) < 4.78 is 13.0. The van der Waals surface area contributed by atoms with Gasteiger partial charge in [0.25, 0.3) is 5.56 Å². The van der Waals surface area contributed by atoms with Crippen LogP contribution in [0.4, 0.5) is 5.69 Å². The van der Waals surface area contributed by atoms with Crippen LogP contribution >= 0.6 is 27.3 Å². The van der Waals surface area contributed by atoms with Crippen LogP contribution < -0.4 is 19.6 Å². The van der Waals surface area contributed by atoms with Gasteiger partial charge in [0.05, 0.1) is 39.5 Å². The van der Waals surface area contributed by atoms with Crippen molar-refractivity contribution in [1.82, 2.24) is 4.57 Å². The van der Waals surface area contributed by atoms with Crippen molar-refractivity contribution < 1.29 is 24.3 Å². The SMILES string of the molecule is CCOC(=O)C1=C(C)N=c2s/c(=C\c3cc(Br)cc([N+](=O)[O-])c3O)c(=O)n2[C@@H]1c1ccc(OC(C)C)cc1. The van der Waals surface area contributed by atoms with Crippen molar-refractivity contribution in [3.05, 3.63) is 93.1 Å². The number of halogens is 1. The number of hydrogen-bond acceptors (Lipinski definition) is 9. The van der Waals surface area contributed by atoms with E-state index in [-0.39, 0.29) is 28.4 Å². The molecule has 0 fully saturated rings. The van der Waals surface area contributed by atoms with Gasteiger partial charge in [-0.15, -0.1) is 0 Å². The zero-order valence-electron chi connectivity index (χ0n) is 20.9. The maximum Gasteiger partial charge on any atom is 0.338 e. The fourth-order valence-electron chi connectivity index (χ4n) is 4.10. The summed E-state index contributed by atoms with van der Waals surface area (Å²) in [5.74, 6) is -0.512. The predicted molar refractivity (Wildman–Crippen MR) is 145 cm³/mol. The topological polar surface area (TPSA) is 133 Å². The smallest absolute Gasteiger partial charge is 0.338 e. The lowest BCUT2D eigenvalue weighted by atomic mass is 9.96. The highest BCUT2D eigenvalue weighted by molar-refractivity contribution is 9.10. The highest BCUT2D eigenvalue weighted by atomic mass is 79.9. The van der Waals surface area contributed by atoms with E-state index < -0.39 is 33.9 Å². The van der Waals surface area contributed by atoms with Crippen molar-refractivity contribution in [1.29, 1.82) is 0 Å². The fraction of sp³-hybridized carbons (Fsp3) is 0.269. The molecular formula is C26H24BrN3O7S. The first-order chi connectivity index (χ1) is 18.0. The number of carbonyl (C=O) groups excluding carboxylic acids is 1. The number of nitrogens with zero attached hydrogens (tertiary/aromatic N) is 3. The van der Waals surface area contributed by atoms with Crippen LogP contribution in [0.5, 0.6) is 11.5 Å². The number of esters is 1. The van der Waals surface area contributed by atoms with Gasteiger partial charge in [-0.05, 0) is 57.5 Å². The predicted octanol–water partition coefficient (Wildman–Crippen LogP) is 3.96. The van der Waals surface area contributed by atoms with E-state index in [1.165, 1.54) is 22.8 Å². The molecule has 38 heavy (non-hydrogen) atoms. The van der Waals surface area contributed by atoms with Gasteiger partial charge < -0.3 is 14.6 Å². The number of nitro groups is 1. The highest BCUT2D eigenvalue weighted by Gasteiger charge is 2.33. The van der Waals surface area contributed by atoms with Crippen LogP contribution in [-0.2, 0) is 9.53 Å². The van der Waals surface area contributed by atoms with Crippen LogP contribution in [0.3, 0.4) is 0 Å². The molecule has 1 N–H and O–H groups in total. The number of nitro benzene ring substituents is 1. The third-order valence-electron chi connectivity index (χ3n) is 5.65. The van der Waals surface area contributed by atoms with Gasteiger partial charge in [0.15, 0.2) is 4.80 Å².